The average molecular weight is 310 g/mol. The first-order valence-electron chi connectivity index (χ1n) is 6.93. The van der Waals surface area contributed by atoms with Gasteiger partial charge in [-0.2, -0.15) is 0 Å². The Kier molecular flexibility index (Phi) is 3.72. The van der Waals surface area contributed by atoms with E-state index < -0.39 is 12.0 Å². The van der Waals surface area contributed by atoms with Gasteiger partial charge in [0.1, 0.15) is 6.61 Å². The standard InChI is InChI=1S/C17H14N2O4/c18-16(21)14-15(20)12-8-4-5-9-13(12)19(14)17(22)23-10-11-6-2-1-3-7-11/h1-9,20H,10H2,(H2,18,21). The molecule has 116 valence electrons. The maximum absolute atomic E-state index is 12.4. The highest BCUT2D eigenvalue weighted by molar-refractivity contribution is 6.07. The number of hydrogen-bond donors (Lipinski definition) is 2. The lowest BCUT2D eigenvalue weighted by atomic mass is 10.2. The summed E-state index contributed by atoms with van der Waals surface area (Å²) in [6.07, 6.45) is -0.779. The first-order chi connectivity index (χ1) is 11.1. The molecular formula is C17H14N2O4. The summed E-state index contributed by atoms with van der Waals surface area (Å²) in [7, 11) is 0. The molecule has 0 aliphatic carbocycles. The van der Waals surface area contributed by atoms with E-state index in [1.54, 1.807) is 24.3 Å². The second-order valence-electron chi connectivity index (χ2n) is 4.95. The van der Waals surface area contributed by atoms with Crippen LogP contribution in [0.15, 0.2) is 54.6 Å². The van der Waals surface area contributed by atoms with Crippen LogP contribution in [-0.2, 0) is 11.3 Å². The van der Waals surface area contributed by atoms with E-state index >= 15 is 0 Å². The van der Waals surface area contributed by atoms with Crippen LogP contribution >= 0.6 is 0 Å². The van der Waals surface area contributed by atoms with Crippen molar-refractivity contribution < 1.29 is 19.4 Å². The Labute approximate surface area is 131 Å². The number of fused-ring (bicyclic) bond motifs is 1. The molecule has 3 N–H and O–H groups in total. The van der Waals surface area contributed by atoms with Crippen LogP contribution in [0.3, 0.4) is 0 Å². The predicted octanol–water partition coefficient (Wildman–Crippen LogP) is 2.63. The number of ether oxygens (including phenoxy) is 1. The summed E-state index contributed by atoms with van der Waals surface area (Å²) >= 11 is 0. The second kappa shape index (κ2) is 5.84. The molecule has 1 heterocycles. The maximum atomic E-state index is 12.4. The Morgan fingerprint density at radius 1 is 1.04 bits per heavy atom. The number of amides is 1. The first kappa shape index (κ1) is 14.6. The highest BCUT2D eigenvalue weighted by Gasteiger charge is 2.25. The molecule has 3 aromatic rings. The minimum Gasteiger partial charge on any atom is -0.505 e. The smallest absolute Gasteiger partial charge is 0.419 e. The van der Waals surface area contributed by atoms with Gasteiger partial charge in [0.2, 0.25) is 0 Å². The van der Waals surface area contributed by atoms with Crippen molar-refractivity contribution in [3.8, 4) is 5.75 Å². The molecule has 1 aromatic heterocycles. The Morgan fingerprint density at radius 2 is 1.70 bits per heavy atom. The third-order valence-electron chi connectivity index (χ3n) is 3.47. The van der Waals surface area contributed by atoms with Crippen LogP contribution in [0.25, 0.3) is 10.9 Å². The number of primary amides is 1. The number of aromatic nitrogens is 1. The molecule has 0 aliphatic heterocycles. The zero-order chi connectivity index (χ0) is 16.4. The van der Waals surface area contributed by atoms with Gasteiger partial charge in [0, 0.05) is 5.39 Å². The average Bonchev–Trinajstić information content (AvgIpc) is 2.87. The van der Waals surface area contributed by atoms with E-state index in [2.05, 4.69) is 0 Å². The number of rotatable bonds is 3. The van der Waals surface area contributed by atoms with Gasteiger partial charge in [-0.05, 0) is 17.7 Å². The second-order valence-corrected chi connectivity index (χ2v) is 4.95. The summed E-state index contributed by atoms with van der Waals surface area (Å²) < 4.78 is 6.23. The zero-order valence-electron chi connectivity index (χ0n) is 12.1. The summed E-state index contributed by atoms with van der Waals surface area (Å²) in [4.78, 5) is 24.0. The summed E-state index contributed by atoms with van der Waals surface area (Å²) in [5, 5.41) is 10.5. The van der Waals surface area contributed by atoms with E-state index in [1.807, 2.05) is 30.3 Å². The number of benzene rings is 2. The normalized spacial score (nSPS) is 10.6. The molecule has 0 saturated carbocycles. The maximum Gasteiger partial charge on any atom is 0.419 e. The van der Waals surface area contributed by atoms with Crippen LogP contribution in [0, 0.1) is 0 Å². The minimum atomic E-state index is -0.907. The Hall–Kier alpha value is -3.28. The molecule has 0 aliphatic rings. The van der Waals surface area contributed by atoms with Crippen molar-refractivity contribution in [2.24, 2.45) is 5.73 Å². The van der Waals surface area contributed by atoms with Crippen LogP contribution in [0.2, 0.25) is 0 Å². The lowest BCUT2D eigenvalue weighted by Crippen LogP contribution is -2.22. The van der Waals surface area contributed by atoms with Gasteiger partial charge in [0.05, 0.1) is 5.52 Å². The molecule has 0 unspecified atom stereocenters. The monoisotopic (exact) mass is 310 g/mol. The van der Waals surface area contributed by atoms with Gasteiger partial charge < -0.3 is 15.6 Å². The number of para-hydroxylation sites is 1. The van der Waals surface area contributed by atoms with Gasteiger partial charge in [-0.25, -0.2) is 9.36 Å². The third-order valence-corrected chi connectivity index (χ3v) is 3.47. The van der Waals surface area contributed by atoms with Gasteiger partial charge in [0.25, 0.3) is 5.91 Å². The Morgan fingerprint density at radius 3 is 2.39 bits per heavy atom. The quantitative estimate of drug-likeness (QED) is 0.777. The fraction of sp³-hybridized carbons (Fsp3) is 0.0588. The third kappa shape index (κ3) is 2.62. The summed E-state index contributed by atoms with van der Waals surface area (Å²) in [6, 6.07) is 15.7. The van der Waals surface area contributed by atoms with Crippen LogP contribution in [-0.4, -0.2) is 21.7 Å². The van der Waals surface area contributed by atoms with Gasteiger partial charge in [-0.3, -0.25) is 4.79 Å². The lowest BCUT2D eigenvalue weighted by molar-refractivity contribution is 0.0981. The van der Waals surface area contributed by atoms with E-state index in [1.165, 1.54) is 0 Å². The van der Waals surface area contributed by atoms with Crippen LogP contribution < -0.4 is 5.73 Å². The van der Waals surface area contributed by atoms with Crippen molar-refractivity contribution in [1.82, 2.24) is 4.57 Å². The van der Waals surface area contributed by atoms with Crippen molar-refractivity contribution in [3.05, 3.63) is 65.9 Å². The van der Waals surface area contributed by atoms with E-state index in [-0.39, 0.29) is 18.1 Å². The van der Waals surface area contributed by atoms with Gasteiger partial charge in [-0.15, -0.1) is 0 Å². The number of nitrogens with zero attached hydrogens (tertiary/aromatic N) is 1. The van der Waals surface area contributed by atoms with Crippen LogP contribution in [0.1, 0.15) is 16.1 Å². The molecule has 0 bridgehead atoms. The molecule has 1 amide bonds. The van der Waals surface area contributed by atoms with Crippen molar-refractivity contribution in [2.75, 3.05) is 0 Å². The summed E-state index contributed by atoms with van der Waals surface area (Å²) in [6.45, 7) is 0.0468. The van der Waals surface area contributed by atoms with E-state index in [9.17, 15) is 14.7 Å². The van der Waals surface area contributed by atoms with Gasteiger partial charge >= 0.3 is 6.09 Å². The molecule has 0 saturated heterocycles. The highest BCUT2D eigenvalue weighted by atomic mass is 16.5. The van der Waals surface area contributed by atoms with Crippen molar-refractivity contribution in [2.45, 2.75) is 6.61 Å². The molecule has 2 aromatic carbocycles. The molecule has 6 heteroatoms. The van der Waals surface area contributed by atoms with Crippen molar-refractivity contribution in [3.63, 3.8) is 0 Å². The molecule has 6 nitrogen and oxygen atoms in total. The first-order valence-corrected chi connectivity index (χ1v) is 6.93. The zero-order valence-corrected chi connectivity index (χ0v) is 12.1. The highest BCUT2D eigenvalue weighted by Crippen LogP contribution is 2.32. The molecule has 0 radical (unpaired) electrons. The van der Waals surface area contributed by atoms with Gasteiger partial charge in [-0.1, -0.05) is 42.5 Å². The number of carbonyl (C=O) groups excluding carboxylic acids is 2. The molecular weight excluding hydrogens is 296 g/mol. The predicted molar refractivity (Wildman–Crippen MR) is 84.1 cm³/mol. The van der Waals surface area contributed by atoms with Crippen molar-refractivity contribution >= 4 is 22.9 Å². The Bertz CT molecular complexity index is 884. The largest absolute Gasteiger partial charge is 0.505 e. The molecule has 0 spiro atoms. The Balaban J connectivity index is 1.99. The molecule has 0 atom stereocenters. The number of nitrogens with two attached hydrogens (primary N) is 1. The lowest BCUT2D eigenvalue weighted by Gasteiger charge is -2.08. The van der Waals surface area contributed by atoms with E-state index in [0.717, 1.165) is 10.1 Å². The fourth-order valence-electron chi connectivity index (χ4n) is 2.42. The number of aromatic hydroxyl groups is 1. The fourth-order valence-corrected chi connectivity index (χ4v) is 2.42. The molecule has 0 fully saturated rings. The molecule has 3 rings (SSSR count). The topological polar surface area (TPSA) is 94.5 Å². The van der Waals surface area contributed by atoms with Crippen molar-refractivity contribution in [1.29, 1.82) is 0 Å². The van der Waals surface area contributed by atoms with E-state index in [0.29, 0.717) is 10.9 Å². The number of hydrogen-bond acceptors (Lipinski definition) is 4. The van der Waals surface area contributed by atoms with E-state index in [4.69, 9.17) is 10.5 Å². The SMILES string of the molecule is NC(=O)c1c(O)c2ccccc2n1C(=O)OCc1ccccc1. The number of carbonyl (C=O) groups is 2. The minimum absolute atomic E-state index is 0.0468. The van der Waals surface area contributed by atoms with Crippen LogP contribution in [0.4, 0.5) is 4.79 Å². The summed E-state index contributed by atoms with van der Waals surface area (Å²) in [5.41, 5.74) is 6.17. The molecule has 23 heavy (non-hydrogen) atoms. The van der Waals surface area contributed by atoms with Gasteiger partial charge in [0.15, 0.2) is 11.4 Å². The summed E-state index contributed by atoms with van der Waals surface area (Å²) in [5.74, 6) is -1.24. The van der Waals surface area contributed by atoms with Crippen LogP contribution in [0.5, 0.6) is 5.75 Å².